The summed E-state index contributed by atoms with van der Waals surface area (Å²) in [5.41, 5.74) is 1.68. The first-order valence-electron chi connectivity index (χ1n) is 7.29. The minimum atomic E-state index is -1.03. The van der Waals surface area contributed by atoms with E-state index in [4.69, 9.17) is 0 Å². The molecule has 3 rings (SSSR count). The van der Waals surface area contributed by atoms with Crippen LogP contribution in [0.2, 0.25) is 0 Å². The molecule has 1 fully saturated rings. The van der Waals surface area contributed by atoms with E-state index in [1.54, 1.807) is 42.7 Å². The summed E-state index contributed by atoms with van der Waals surface area (Å²) in [6.07, 6.45) is 2.46. The average Bonchev–Trinajstić information content (AvgIpc) is 3.27. The Labute approximate surface area is 136 Å². The molecule has 3 atom stereocenters. The molecule has 0 radical (unpaired) electrons. The van der Waals surface area contributed by atoms with Crippen LogP contribution in [0.3, 0.4) is 0 Å². The zero-order valence-corrected chi connectivity index (χ0v) is 13.4. The molecule has 0 bridgehead atoms. The Bertz CT molecular complexity index is 731. The number of hydrogen-bond donors (Lipinski definition) is 2. The quantitative estimate of drug-likeness (QED) is 0.903. The van der Waals surface area contributed by atoms with Gasteiger partial charge in [-0.1, -0.05) is 12.1 Å². The number of carbonyl (C=O) groups excluding carboxylic acids is 1. The van der Waals surface area contributed by atoms with Gasteiger partial charge < -0.3 is 10.6 Å². The van der Waals surface area contributed by atoms with Crippen LogP contribution in [-0.2, 0) is 10.8 Å². The second kappa shape index (κ2) is 6.50. The summed E-state index contributed by atoms with van der Waals surface area (Å²) in [7, 11) is -1.03. The van der Waals surface area contributed by atoms with Crippen LogP contribution in [0.15, 0.2) is 53.4 Å². The number of halogens is 1. The molecular weight excluding hydrogens is 315 g/mol. The summed E-state index contributed by atoms with van der Waals surface area (Å²) in [4.78, 5) is 12.7. The number of amides is 2. The molecule has 1 saturated carbocycles. The maximum absolute atomic E-state index is 12.9. The van der Waals surface area contributed by atoms with Gasteiger partial charge in [-0.2, -0.15) is 0 Å². The summed E-state index contributed by atoms with van der Waals surface area (Å²) >= 11 is 0. The number of nitrogens with one attached hydrogen (secondary N) is 2. The number of anilines is 1. The first kappa shape index (κ1) is 15.7. The maximum Gasteiger partial charge on any atom is 0.319 e. The van der Waals surface area contributed by atoms with Crippen LogP contribution in [0.4, 0.5) is 14.9 Å². The Kier molecular flexibility index (Phi) is 4.43. The smallest absolute Gasteiger partial charge is 0.319 e. The highest BCUT2D eigenvalue weighted by Crippen LogP contribution is 2.40. The molecule has 1 aliphatic carbocycles. The van der Waals surface area contributed by atoms with E-state index in [0.717, 1.165) is 16.9 Å². The van der Waals surface area contributed by atoms with E-state index in [-0.39, 0.29) is 23.8 Å². The molecule has 4 nitrogen and oxygen atoms in total. The van der Waals surface area contributed by atoms with Crippen molar-refractivity contribution in [2.45, 2.75) is 23.3 Å². The predicted octanol–water partition coefficient (Wildman–Crippen LogP) is 3.24. The minimum absolute atomic E-state index is 0.0721. The fourth-order valence-electron chi connectivity index (χ4n) is 2.50. The van der Waals surface area contributed by atoms with Crippen LogP contribution in [-0.4, -0.2) is 22.5 Å². The molecule has 2 aromatic rings. The standard InChI is InChI=1S/C17H17FN2O2S/c1-23(22)14-8-6-13(7-9-14)19-17(21)20-16-10-15(16)11-2-4-12(18)5-3-11/h2-9,15-16H,10H2,1H3,(H2,19,20,21)/t15-,16+,23?/m0/s1. The summed E-state index contributed by atoms with van der Waals surface area (Å²) in [5.74, 6) is -0.0145. The van der Waals surface area contributed by atoms with Gasteiger partial charge in [0, 0.05) is 39.6 Å². The van der Waals surface area contributed by atoms with E-state index in [1.165, 1.54) is 12.1 Å². The highest BCUT2D eigenvalue weighted by atomic mass is 32.2. The van der Waals surface area contributed by atoms with Gasteiger partial charge >= 0.3 is 6.03 Å². The Morgan fingerprint density at radius 1 is 1.13 bits per heavy atom. The molecule has 2 aromatic carbocycles. The van der Waals surface area contributed by atoms with Crippen molar-refractivity contribution in [1.29, 1.82) is 0 Å². The monoisotopic (exact) mass is 332 g/mol. The van der Waals surface area contributed by atoms with Gasteiger partial charge in [0.15, 0.2) is 0 Å². The van der Waals surface area contributed by atoms with Crippen LogP contribution < -0.4 is 10.6 Å². The van der Waals surface area contributed by atoms with Crippen molar-refractivity contribution in [3.63, 3.8) is 0 Å². The van der Waals surface area contributed by atoms with Crippen LogP contribution in [0.5, 0.6) is 0 Å². The molecule has 0 spiro atoms. The van der Waals surface area contributed by atoms with Crippen molar-refractivity contribution in [3.8, 4) is 0 Å². The van der Waals surface area contributed by atoms with E-state index in [1.807, 2.05) is 0 Å². The third kappa shape index (κ3) is 3.96. The second-order valence-electron chi connectivity index (χ2n) is 5.58. The van der Waals surface area contributed by atoms with Gasteiger partial charge in [-0.05, 0) is 48.4 Å². The molecule has 6 heteroatoms. The molecule has 0 heterocycles. The zero-order valence-electron chi connectivity index (χ0n) is 12.6. The van der Waals surface area contributed by atoms with Gasteiger partial charge in [0.25, 0.3) is 0 Å². The Morgan fingerprint density at radius 3 is 2.39 bits per heavy atom. The van der Waals surface area contributed by atoms with E-state index in [9.17, 15) is 13.4 Å². The van der Waals surface area contributed by atoms with E-state index in [0.29, 0.717) is 5.69 Å². The molecule has 0 aromatic heterocycles. The number of benzene rings is 2. The largest absolute Gasteiger partial charge is 0.334 e. The lowest BCUT2D eigenvalue weighted by molar-refractivity contribution is 0.251. The third-order valence-electron chi connectivity index (χ3n) is 3.85. The fraction of sp³-hybridized carbons (Fsp3) is 0.235. The number of hydrogen-bond acceptors (Lipinski definition) is 2. The Balaban J connectivity index is 1.52. The molecule has 1 unspecified atom stereocenters. The highest BCUT2D eigenvalue weighted by molar-refractivity contribution is 7.84. The highest BCUT2D eigenvalue weighted by Gasteiger charge is 2.39. The minimum Gasteiger partial charge on any atom is -0.334 e. The molecule has 2 N–H and O–H groups in total. The van der Waals surface area contributed by atoms with Crippen molar-refractivity contribution in [2.24, 2.45) is 0 Å². The first-order chi connectivity index (χ1) is 11.0. The van der Waals surface area contributed by atoms with Crippen LogP contribution in [0, 0.1) is 5.82 Å². The second-order valence-corrected chi connectivity index (χ2v) is 6.96. The van der Waals surface area contributed by atoms with Gasteiger partial charge in [-0.15, -0.1) is 0 Å². The van der Waals surface area contributed by atoms with Gasteiger partial charge in [0.05, 0.1) is 0 Å². The Morgan fingerprint density at radius 2 is 1.78 bits per heavy atom. The zero-order chi connectivity index (χ0) is 16.4. The van der Waals surface area contributed by atoms with E-state index >= 15 is 0 Å². The molecular formula is C17H17FN2O2S. The van der Waals surface area contributed by atoms with Crippen molar-refractivity contribution in [1.82, 2.24) is 5.32 Å². The topological polar surface area (TPSA) is 58.2 Å². The lowest BCUT2D eigenvalue weighted by atomic mass is 10.1. The summed E-state index contributed by atoms with van der Waals surface area (Å²) in [5, 5.41) is 5.65. The molecule has 120 valence electrons. The van der Waals surface area contributed by atoms with E-state index < -0.39 is 10.8 Å². The summed E-state index contributed by atoms with van der Waals surface area (Å²) in [6.45, 7) is 0. The van der Waals surface area contributed by atoms with Crippen molar-refractivity contribution in [3.05, 3.63) is 59.9 Å². The SMILES string of the molecule is CS(=O)c1ccc(NC(=O)N[C@@H]2C[C@H]2c2ccc(F)cc2)cc1. The number of rotatable bonds is 4. The van der Waals surface area contributed by atoms with Crippen molar-refractivity contribution < 1.29 is 13.4 Å². The van der Waals surface area contributed by atoms with Crippen molar-refractivity contribution in [2.75, 3.05) is 11.6 Å². The summed E-state index contributed by atoms with van der Waals surface area (Å²) in [6, 6.07) is 13.1. The lowest BCUT2D eigenvalue weighted by Gasteiger charge is -2.08. The predicted molar refractivity (Wildman–Crippen MR) is 88.5 cm³/mol. The van der Waals surface area contributed by atoms with Crippen LogP contribution >= 0.6 is 0 Å². The Hall–Kier alpha value is -2.21. The third-order valence-corrected chi connectivity index (χ3v) is 4.79. The summed E-state index contributed by atoms with van der Waals surface area (Å²) < 4.78 is 24.2. The first-order valence-corrected chi connectivity index (χ1v) is 8.85. The molecule has 23 heavy (non-hydrogen) atoms. The van der Waals surface area contributed by atoms with Gasteiger partial charge in [-0.3, -0.25) is 4.21 Å². The molecule has 2 amide bonds. The molecule has 0 saturated heterocycles. The van der Waals surface area contributed by atoms with Crippen LogP contribution in [0.1, 0.15) is 17.9 Å². The number of urea groups is 1. The number of carbonyl (C=O) groups is 1. The maximum atomic E-state index is 12.9. The van der Waals surface area contributed by atoms with Gasteiger partial charge in [0.1, 0.15) is 5.82 Å². The molecule has 0 aliphatic heterocycles. The normalized spacial score (nSPS) is 20.6. The fourth-order valence-corrected chi connectivity index (χ4v) is 3.02. The van der Waals surface area contributed by atoms with Gasteiger partial charge in [0.2, 0.25) is 0 Å². The van der Waals surface area contributed by atoms with Crippen LogP contribution in [0.25, 0.3) is 0 Å². The molecule has 1 aliphatic rings. The van der Waals surface area contributed by atoms with Gasteiger partial charge in [-0.25, -0.2) is 9.18 Å². The average molecular weight is 332 g/mol. The van der Waals surface area contributed by atoms with E-state index in [2.05, 4.69) is 10.6 Å². The van der Waals surface area contributed by atoms with Crippen molar-refractivity contribution >= 4 is 22.5 Å². The lowest BCUT2D eigenvalue weighted by Crippen LogP contribution is -2.31.